The Balaban J connectivity index is 3.83. The molecule has 0 saturated heterocycles. The number of hydrogen-bond acceptors (Lipinski definition) is 2. The molecule has 0 aromatic heterocycles. The van der Waals surface area contributed by atoms with Gasteiger partial charge in [0.15, 0.2) is 0 Å². The zero-order valence-electron chi connectivity index (χ0n) is 8.64. The molecule has 12 heavy (non-hydrogen) atoms. The molecule has 0 heterocycles. The van der Waals surface area contributed by atoms with Gasteiger partial charge in [-0.2, -0.15) is 0 Å². The van der Waals surface area contributed by atoms with Crippen LogP contribution in [0.4, 0.5) is 0 Å². The molecule has 0 fully saturated rings. The van der Waals surface area contributed by atoms with E-state index in [1.807, 2.05) is 6.92 Å². The summed E-state index contributed by atoms with van der Waals surface area (Å²) < 4.78 is 0. The summed E-state index contributed by atoms with van der Waals surface area (Å²) in [7, 11) is 1.65. The Morgan fingerprint density at radius 3 is 2.00 bits per heavy atom. The fourth-order valence-electron chi connectivity index (χ4n) is 0.879. The van der Waals surface area contributed by atoms with E-state index in [0.717, 1.165) is 0 Å². The summed E-state index contributed by atoms with van der Waals surface area (Å²) >= 11 is 0. The number of nitrogens with one attached hydrogen (secondary N) is 2. The van der Waals surface area contributed by atoms with Crippen LogP contribution >= 0.6 is 0 Å². The number of rotatable bonds is 4. The topological polar surface area (TPSA) is 41.1 Å². The van der Waals surface area contributed by atoms with Crippen molar-refractivity contribution >= 4 is 5.91 Å². The standard InChI is InChI=1S/C9H20N2O/c1-6(2)7(3)11-8(4)9(12)10-5/h6-8,11H,1-5H3,(H,10,12). The fourth-order valence-corrected chi connectivity index (χ4v) is 0.879. The van der Waals surface area contributed by atoms with Crippen molar-refractivity contribution in [1.29, 1.82) is 0 Å². The first-order chi connectivity index (χ1) is 5.49. The predicted molar refractivity (Wildman–Crippen MR) is 51.0 cm³/mol. The third-order valence-corrected chi connectivity index (χ3v) is 2.15. The van der Waals surface area contributed by atoms with Crippen LogP contribution in [0.5, 0.6) is 0 Å². The van der Waals surface area contributed by atoms with E-state index in [1.165, 1.54) is 0 Å². The molecule has 0 bridgehead atoms. The van der Waals surface area contributed by atoms with E-state index in [-0.39, 0.29) is 11.9 Å². The van der Waals surface area contributed by atoms with E-state index < -0.39 is 0 Å². The van der Waals surface area contributed by atoms with E-state index in [4.69, 9.17) is 0 Å². The van der Waals surface area contributed by atoms with Gasteiger partial charge in [-0.3, -0.25) is 4.79 Å². The predicted octanol–water partition coefficient (Wildman–Crippen LogP) is 0.755. The Kier molecular flexibility index (Phi) is 4.90. The number of hydrogen-bond donors (Lipinski definition) is 2. The van der Waals surface area contributed by atoms with Crippen LogP contribution in [0.2, 0.25) is 0 Å². The van der Waals surface area contributed by atoms with Gasteiger partial charge in [-0.15, -0.1) is 0 Å². The summed E-state index contributed by atoms with van der Waals surface area (Å²) in [5.74, 6) is 0.597. The molecule has 72 valence electrons. The molecular formula is C9H20N2O. The highest BCUT2D eigenvalue weighted by molar-refractivity contribution is 5.80. The van der Waals surface area contributed by atoms with Crippen LogP contribution in [-0.4, -0.2) is 25.0 Å². The van der Waals surface area contributed by atoms with Gasteiger partial charge in [0.05, 0.1) is 6.04 Å². The second-order valence-corrected chi connectivity index (χ2v) is 3.54. The van der Waals surface area contributed by atoms with Crippen LogP contribution < -0.4 is 10.6 Å². The zero-order valence-corrected chi connectivity index (χ0v) is 8.64. The van der Waals surface area contributed by atoms with Crippen molar-refractivity contribution in [2.24, 2.45) is 5.92 Å². The highest BCUT2D eigenvalue weighted by atomic mass is 16.2. The average molecular weight is 172 g/mol. The van der Waals surface area contributed by atoms with E-state index in [2.05, 4.69) is 31.4 Å². The van der Waals surface area contributed by atoms with Gasteiger partial charge < -0.3 is 10.6 Å². The summed E-state index contributed by atoms with van der Waals surface area (Å²) in [6, 6.07) is 0.268. The van der Waals surface area contributed by atoms with Gasteiger partial charge in [-0.1, -0.05) is 13.8 Å². The van der Waals surface area contributed by atoms with Gasteiger partial charge in [0.2, 0.25) is 5.91 Å². The quantitative estimate of drug-likeness (QED) is 0.657. The third kappa shape index (κ3) is 3.72. The summed E-state index contributed by atoms with van der Waals surface area (Å²) in [4.78, 5) is 11.1. The first-order valence-electron chi connectivity index (χ1n) is 4.46. The molecule has 0 spiro atoms. The lowest BCUT2D eigenvalue weighted by Gasteiger charge is -2.21. The van der Waals surface area contributed by atoms with Crippen molar-refractivity contribution in [3.63, 3.8) is 0 Å². The maximum atomic E-state index is 11.1. The van der Waals surface area contributed by atoms with Crippen LogP contribution in [0.25, 0.3) is 0 Å². The van der Waals surface area contributed by atoms with Gasteiger partial charge in [0.25, 0.3) is 0 Å². The normalized spacial score (nSPS) is 15.8. The fraction of sp³-hybridized carbons (Fsp3) is 0.889. The molecule has 2 unspecified atom stereocenters. The molecule has 0 aliphatic carbocycles. The molecule has 0 aromatic carbocycles. The maximum Gasteiger partial charge on any atom is 0.236 e. The van der Waals surface area contributed by atoms with Crippen LogP contribution in [0.3, 0.4) is 0 Å². The third-order valence-electron chi connectivity index (χ3n) is 2.15. The molecule has 0 rings (SSSR count). The molecule has 0 aliphatic heterocycles. The highest BCUT2D eigenvalue weighted by Gasteiger charge is 2.15. The SMILES string of the molecule is CNC(=O)C(C)NC(C)C(C)C. The zero-order chi connectivity index (χ0) is 9.72. The van der Waals surface area contributed by atoms with Crippen LogP contribution in [0, 0.1) is 5.92 Å². The van der Waals surface area contributed by atoms with Crippen molar-refractivity contribution in [2.75, 3.05) is 7.05 Å². The van der Waals surface area contributed by atoms with Gasteiger partial charge in [-0.25, -0.2) is 0 Å². The van der Waals surface area contributed by atoms with Crippen molar-refractivity contribution in [2.45, 2.75) is 39.8 Å². The Hall–Kier alpha value is -0.570. The smallest absolute Gasteiger partial charge is 0.236 e. The Morgan fingerprint density at radius 2 is 1.67 bits per heavy atom. The number of carbonyl (C=O) groups excluding carboxylic acids is 1. The van der Waals surface area contributed by atoms with E-state index in [0.29, 0.717) is 12.0 Å². The number of likely N-dealkylation sites (N-methyl/N-ethyl adjacent to an activating group) is 1. The lowest BCUT2D eigenvalue weighted by molar-refractivity contribution is -0.122. The second kappa shape index (κ2) is 5.14. The van der Waals surface area contributed by atoms with Crippen LogP contribution in [-0.2, 0) is 4.79 Å². The van der Waals surface area contributed by atoms with E-state index in [1.54, 1.807) is 7.05 Å². The summed E-state index contributed by atoms with van der Waals surface area (Å²) in [6.45, 7) is 8.23. The molecule has 0 saturated carbocycles. The Morgan fingerprint density at radius 1 is 1.17 bits per heavy atom. The van der Waals surface area contributed by atoms with Gasteiger partial charge in [0.1, 0.15) is 0 Å². The molecule has 2 N–H and O–H groups in total. The molecular weight excluding hydrogens is 152 g/mol. The van der Waals surface area contributed by atoms with Crippen LogP contribution in [0.1, 0.15) is 27.7 Å². The Bertz CT molecular complexity index is 145. The molecule has 2 atom stereocenters. The summed E-state index contributed by atoms with van der Waals surface area (Å²) in [5, 5.41) is 5.83. The molecule has 0 aliphatic rings. The summed E-state index contributed by atoms with van der Waals surface area (Å²) in [5.41, 5.74) is 0. The van der Waals surface area contributed by atoms with Crippen molar-refractivity contribution in [3.8, 4) is 0 Å². The first kappa shape index (κ1) is 11.4. The van der Waals surface area contributed by atoms with Crippen molar-refractivity contribution < 1.29 is 4.79 Å². The minimum atomic E-state index is -0.104. The number of carbonyl (C=O) groups is 1. The molecule has 1 amide bonds. The molecule has 3 heteroatoms. The first-order valence-corrected chi connectivity index (χ1v) is 4.46. The highest BCUT2D eigenvalue weighted by Crippen LogP contribution is 2.00. The monoisotopic (exact) mass is 172 g/mol. The number of amides is 1. The van der Waals surface area contributed by atoms with Crippen molar-refractivity contribution in [1.82, 2.24) is 10.6 Å². The van der Waals surface area contributed by atoms with Gasteiger partial charge in [0, 0.05) is 13.1 Å². The lowest BCUT2D eigenvalue weighted by atomic mass is 10.1. The molecule has 0 aromatic rings. The van der Waals surface area contributed by atoms with Crippen molar-refractivity contribution in [3.05, 3.63) is 0 Å². The molecule has 0 radical (unpaired) electrons. The minimum Gasteiger partial charge on any atom is -0.358 e. The second-order valence-electron chi connectivity index (χ2n) is 3.54. The van der Waals surface area contributed by atoms with E-state index >= 15 is 0 Å². The van der Waals surface area contributed by atoms with E-state index in [9.17, 15) is 4.79 Å². The maximum absolute atomic E-state index is 11.1. The average Bonchev–Trinajstić information content (AvgIpc) is 2.02. The summed E-state index contributed by atoms with van der Waals surface area (Å²) in [6.07, 6.45) is 0. The Labute approximate surface area is 74.9 Å². The lowest BCUT2D eigenvalue weighted by Crippen LogP contribution is -2.46. The van der Waals surface area contributed by atoms with Gasteiger partial charge >= 0.3 is 0 Å². The minimum absolute atomic E-state index is 0.0440. The van der Waals surface area contributed by atoms with Gasteiger partial charge in [-0.05, 0) is 19.8 Å². The largest absolute Gasteiger partial charge is 0.358 e. The molecule has 3 nitrogen and oxygen atoms in total. The van der Waals surface area contributed by atoms with Crippen LogP contribution in [0.15, 0.2) is 0 Å².